The minimum Gasteiger partial charge on any atom is -0.356 e. The fraction of sp³-hybridized carbons (Fsp3) is 0.652. The lowest BCUT2D eigenvalue weighted by Gasteiger charge is -2.33. The molecular weight excluding hydrogens is 489 g/mol. The van der Waals surface area contributed by atoms with E-state index in [1.807, 2.05) is 4.90 Å². The zero-order chi connectivity index (χ0) is 20.5. The summed E-state index contributed by atoms with van der Waals surface area (Å²) in [4.78, 5) is 21.3. The molecule has 7 heteroatoms. The average molecular weight is 527 g/mol. The zero-order valence-corrected chi connectivity index (χ0v) is 20.9. The van der Waals surface area contributed by atoms with Crippen molar-refractivity contribution in [1.82, 2.24) is 20.4 Å². The highest BCUT2D eigenvalue weighted by atomic mass is 127. The lowest BCUT2D eigenvalue weighted by molar-refractivity contribution is -0.134. The Kier molecular flexibility index (Phi) is 10.9. The van der Waals surface area contributed by atoms with Gasteiger partial charge in [-0.2, -0.15) is 0 Å². The Balaban J connectivity index is 0.00000320. The number of hydrogen-bond acceptors (Lipinski definition) is 3. The standard InChI is InChI=1S/C23H37N5O.HI/c1-19-7-3-4-16-28(19)22(29)12-13-25-23(24-2)26-17-20-8-10-21(11-9-20)18-27-14-5-6-15-27;/h8-11,19H,3-7,12-18H2,1-2H3,(H2,24,25,26);1H. The normalized spacial score (nSPS) is 20.0. The maximum Gasteiger partial charge on any atom is 0.224 e. The van der Waals surface area contributed by atoms with Gasteiger partial charge in [-0.1, -0.05) is 24.3 Å². The average Bonchev–Trinajstić information content (AvgIpc) is 3.25. The molecule has 2 aliphatic rings. The van der Waals surface area contributed by atoms with Gasteiger partial charge >= 0.3 is 0 Å². The van der Waals surface area contributed by atoms with Crippen molar-refractivity contribution in [3.05, 3.63) is 35.4 Å². The van der Waals surface area contributed by atoms with Gasteiger partial charge in [0.15, 0.2) is 5.96 Å². The third-order valence-electron chi connectivity index (χ3n) is 6.07. The van der Waals surface area contributed by atoms with Crippen molar-refractivity contribution in [2.75, 3.05) is 33.2 Å². The Bertz CT molecular complexity index is 673. The van der Waals surface area contributed by atoms with Crippen LogP contribution in [0.25, 0.3) is 0 Å². The second-order valence-corrected chi connectivity index (χ2v) is 8.33. The number of piperidine rings is 1. The number of carbonyl (C=O) groups excluding carboxylic acids is 1. The summed E-state index contributed by atoms with van der Waals surface area (Å²) in [7, 11) is 1.77. The summed E-state index contributed by atoms with van der Waals surface area (Å²) in [6.07, 6.45) is 6.66. The molecule has 3 rings (SSSR count). The van der Waals surface area contributed by atoms with E-state index < -0.39 is 0 Å². The Morgan fingerprint density at radius 2 is 1.70 bits per heavy atom. The van der Waals surface area contributed by atoms with Crippen molar-refractivity contribution in [1.29, 1.82) is 0 Å². The summed E-state index contributed by atoms with van der Waals surface area (Å²) in [6, 6.07) is 9.20. The van der Waals surface area contributed by atoms with E-state index in [2.05, 4.69) is 51.7 Å². The van der Waals surface area contributed by atoms with Gasteiger partial charge in [0.1, 0.15) is 0 Å². The molecule has 0 radical (unpaired) electrons. The van der Waals surface area contributed by atoms with Gasteiger partial charge in [-0.05, 0) is 63.2 Å². The number of aliphatic imine (C=N–C) groups is 1. The molecule has 2 fully saturated rings. The molecule has 6 nitrogen and oxygen atoms in total. The smallest absolute Gasteiger partial charge is 0.224 e. The van der Waals surface area contributed by atoms with Crippen LogP contribution in [-0.2, 0) is 17.9 Å². The largest absolute Gasteiger partial charge is 0.356 e. The molecule has 168 valence electrons. The molecule has 1 atom stereocenters. The van der Waals surface area contributed by atoms with Crippen molar-refractivity contribution >= 4 is 35.8 Å². The van der Waals surface area contributed by atoms with Crippen LogP contribution < -0.4 is 10.6 Å². The molecule has 2 aliphatic heterocycles. The zero-order valence-electron chi connectivity index (χ0n) is 18.5. The monoisotopic (exact) mass is 527 g/mol. The first-order valence-electron chi connectivity index (χ1n) is 11.2. The Hall–Kier alpha value is -1.35. The molecule has 1 unspecified atom stereocenters. The molecule has 2 saturated heterocycles. The maximum atomic E-state index is 12.4. The number of halogens is 1. The number of hydrogen-bond donors (Lipinski definition) is 2. The highest BCUT2D eigenvalue weighted by Crippen LogP contribution is 2.17. The van der Waals surface area contributed by atoms with Gasteiger partial charge < -0.3 is 15.5 Å². The molecule has 0 saturated carbocycles. The summed E-state index contributed by atoms with van der Waals surface area (Å²) in [5.41, 5.74) is 2.61. The van der Waals surface area contributed by atoms with Crippen LogP contribution >= 0.6 is 24.0 Å². The van der Waals surface area contributed by atoms with Crippen LogP contribution in [0.4, 0.5) is 0 Å². The first-order chi connectivity index (χ1) is 14.2. The predicted octanol–water partition coefficient (Wildman–Crippen LogP) is 3.36. The second kappa shape index (κ2) is 13.1. The third-order valence-corrected chi connectivity index (χ3v) is 6.07. The van der Waals surface area contributed by atoms with Crippen LogP contribution in [0.3, 0.4) is 0 Å². The van der Waals surface area contributed by atoms with E-state index in [0.29, 0.717) is 19.0 Å². The number of nitrogens with one attached hydrogen (secondary N) is 2. The molecule has 0 bridgehead atoms. The Labute approximate surface area is 198 Å². The highest BCUT2D eigenvalue weighted by Gasteiger charge is 2.22. The number of guanidine groups is 1. The topological polar surface area (TPSA) is 60.0 Å². The number of carbonyl (C=O) groups is 1. The van der Waals surface area contributed by atoms with E-state index in [1.54, 1.807) is 7.05 Å². The fourth-order valence-electron chi connectivity index (χ4n) is 4.27. The number of likely N-dealkylation sites (tertiary alicyclic amines) is 2. The fourth-order valence-corrected chi connectivity index (χ4v) is 4.27. The molecule has 2 heterocycles. The quantitative estimate of drug-likeness (QED) is 0.325. The van der Waals surface area contributed by atoms with Crippen LogP contribution in [0.2, 0.25) is 0 Å². The van der Waals surface area contributed by atoms with Gasteiger partial charge in [0.25, 0.3) is 0 Å². The Morgan fingerprint density at radius 3 is 2.37 bits per heavy atom. The molecule has 2 N–H and O–H groups in total. The van der Waals surface area contributed by atoms with Crippen molar-refractivity contribution in [3.8, 4) is 0 Å². The lowest BCUT2D eigenvalue weighted by atomic mass is 10.0. The summed E-state index contributed by atoms with van der Waals surface area (Å²) >= 11 is 0. The SMILES string of the molecule is CN=C(NCCC(=O)N1CCCCC1C)NCc1ccc(CN2CCCC2)cc1.I. The van der Waals surface area contributed by atoms with Crippen LogP contribution in [0.15, 0.2) is 29.3 Å². The van der Waals surface area contributed by atoms with E-state index in [4.69, 9.17) is 0 Å². The summed E-state index contributed by atoms with van der Waals surface area (Å²) in [6.45, 7) is 7.90. The minimum atomic E-state index is 0. The molecule has 1 aromatic rings. The number of rotatable bonds is 7. The lowest BCUT2D eigenvalue weighted by Crippen LogP contribution is -2.44. The maximum absolute atomic E-state index is 12.4. The molecule has 1 amide bonds. The van der Waals surface area contributed by atoms with E-state index in [0.717, 1.165) is 38.4 Å². The molecule has 0 aliphatic carbocycles. The number of benzene rings is 1. The van der Waals surface area contributed by atoms with E-state index in [9.17, 15) is 4.79 Å². The van der Waals surface area contributed by atoms with Crippen molar-refractivity contribution in [2.24, 2.45) is 4.99 Å². The molecule has 30 heavy (non-hydrogen) atoms. The predicted molar refractivity (Wildman–Crippen MR) is 134 cm³/mol. The molecule has 0 aromatic heterocycles. The Morgan fingerprint density at radius 1 is 1.03 bits per heavy atom. The summed E-state index contributed by atoms with van der Waals surface area (Å²) in [5, 5.41) is 6.61. The van der Waals surface area contributed by atoms with Crippen molar-refractivity contribution in [2.45, 2.75) is 64.6 Å². The second-order valence-electron chi connectivity index (χ2n) is 8.33. The van der Waals surface area contributed by atoms with Crippen LogP contribution in [0, 0.1) is 0 Å². The number of amides is 1. The highest BCUT2D eigenvalue weighted by molar-refractivity contribution is 14.0. The first-order valence-corrected chi connectivity index (χ1v) is 11.2. The molecular formula is C23H38IN5O. The van der Waals surface area contributed by atoms with Gasteiger partial charge in [0, 0.05) is 45.7 Å². The van der Waals surface area contributed by atoms with Gasteiger partial charge in [-0.3, -0.25) is 14.7 Å². The summed E-state index contributed by atoms with van der Waals surface area (Å²) in [5.74, 6) is 0.986. The van der Waals surface area contributed by atoms with Crippen molar-refractivity contribution < 1.29 is 4.79 Å². The van der Waals surface area contributed by atoms with Crippen LogP contribution in [0.1, 0.15) is 56.6 Å². The van der Waals surface area contributed by atoms with E-state index in [1.165, 1.54) is 43.5 Å². The number of nitrogens with zero attached hydrogens (tertiary/aromatic N) is 3. The van der Waals surface area contributed by atoms with E-state index >= 15 is 0 Å². The molecule has 1 aromatic carbocycles. The summed E-state index contributed by atoms with van der Waals surface area (Å²) < 4.78 is 0. The first kappa shape index (κ1) is 24.9. The third kappa shape index (κ3) is 7.72. The van der Waals surface area contributed by atoms with E-state index in [-0.39, 0.29) is 29.9 Å². The van der Waals surface area contributed by atoms with Gasteiger partial charge in [-0.15, -0.1) is 24.0 Å². The van der Waals surface area contributed by atoms with Crippen molar-refractivity contribution in [3.63, 3.8) is 0 Å². The van der Waals surface area contributed by atoms with Gasteiger partial charge in [0.05, 0.1) is 0 Å². The van der Waals surface area contributed by atoms with Crippen LogP contribution in [0.5, 0.6) is 0 Å². The molecule has 0 spiro atoms. The van der Waals surface area contributed by atoms with Crippen LogP contribution in [-0.4, -0.2) is 60.9 Å². The van der Waals surface area contributed by atoms with Gasteiger partial charge in [-0.25, -0.2) is 0 Å². The minimum absolute atomic E-state index is 0. The van der Waals surface area contributed by atoms with Gasteiger partial charge in [0.2, 0.25) is 5.91 Å².